The summed E-state index contributed by atoms with van der Waals surface area (Å²) in [6, 6.07) is 8.47. The molecule has 0 spiro atoms. The van der Waals surface area contributed by atoms with Crippen molar-refractivity contribution in [1.29, 1.82) is 0 Å². The molecule has 1 aromatic heterocycles. The first-order valence-corrected chi connectivity index (χ1v) is 11.1. The monoisotopic (exact) mass is 407 g/mol. The van der Waals surface area contributed by atoms with Gasteiger partial charge in [0.05, 0.1) is 17.1 Å². The molecular weight excluding hydrogens is 378 g/mol. The van der Waals surface area contributed by atoms with E-state index in [-0.39, 0.29) is 4.90 Å². The van der Waals surface area contributed by atoms with Crippen LogP contribution < -0.4 is 15.4 Å². The SMILES string of the molecule is CN=C(NCCCn1nc(C)cc1C)NCCOc1ccc(S(C)(=O)=O)cc1. The summed E-state index contributed by atoms with van der Waals surface area (Å²) in [5.74, 6) is 1.34. The van der Waals surface area contributed by atoms with Crippen molar-refractivity contribution in [2.75, 3.05) is 33.0 Å². The van der Waals surface area contributed by atoms with Gasteiger partial charge in [0.25, 0.3) is 0 Å². The molecule has 0 aliphatic rings. The molecule has 2 N–H and O–H groups in total. The molecule has 8 nitrogen and oxygen atoms in total. The Balaban J connectivity index is 1.65. The minimum atomic E-state index is -3.19. The molecule has 2 rings (SSSR count). The van der Waals surface area contributed by atoms with E-state index in [4.69, 9.17) is 4.74 Å². The molecule has 9 heteroatoms. The molecule has 0 bridgehead atoms. The Morgan fingerprint density at radius 1 is 1.18 bits per heavy atom. The smallest absolute Gasteiger partial charge is 0.191 e. The number of hydrogen-bond acceptors (Lipinski definition) is 5. The second-order valence-electron chi connectivity index (χ2n) is 6.52. The van der Waals surface area contributed by atoms with Gasteiger partial charge < -0.3 is 15.4 Å². The highest BCUT2D eigenvalue weighted by Gasteiger charge is 2.06. The number of ether oxygens (including phenoxy) is 1. The number of sulfone groups is 1. The number of aliphatic imine (C=N–C) groups is 1. The second-order valence-corrected chi connectivity index (χ2v) is 8.54. The highest BCUT2D eigenvalue weighted by molar-refractivity contribution is 7.90. The van der Waals surface area contributed by atoms with Crippen LogP contribution in [0.25, 0.3) is 0 Å². The average Bonchev–Trinajstić information content (AvgIpc) is 2.97. The van der Waals surface area contributed by atoms with Gasteiger partial charge in [-0.15, -0.1) is 0 Å². The third-order valence-electron chi connectivity index (χ3n) is 4.08. The van der Waals surface area contributed by atoms with E-state index in [2.05, 4.69) is 33.7 Å². The molecule has 0 fully saturated rings. The number of rotatable bonds is 9. The largest absolute Gasteiger partial charge is 0.492 e. The van der Waals surface area contributed by atoms with Gasteiger partial charge in [-0.2, -0.15) is 5.10 Å². The molecule has 0 atom stereocenters. The molecule has 1 aromatic carbocycles. The van der Waals surface area contributed by atoms with Gasteiger partial charge in [0.15, 0.2) is 15.8 Å². The van der Waals surface area contributed by atoms with Crippen LogP contribution in [0, 0.1) is 13.8 Å². The van der Waals surface area contributed by atoms with E-state index < -0.39 is 9.84 Å². The molecule has 0 amide bonds. The van der Waals surface area contributed by atoms with Crippen molar-refractivity contribution < 1.29 is 13.2 Å². The Kier molecular flexibility index (Phi) is 7.86. The van der Waals surface area contributed by atoms with E-state index in [9.17, 15) is 8.42 Å². The van der Waals surface area contributed by atoms with E-state index in [0.29, 0.717) is 24.9 Å². The van der Waals surface area contributed by atoms with E-state index >= 15 is 0 Å². The Morgan fingerprint density at radius 2 is 1.86 bits per heavy atom. The summed E-state index contributed by atoms with van der Waals surface area (Å²) >= 11 is 0. The summed E-state index contributed by atoms with van der Waals surface area (Å²) in [5, 5.41) is 10.9. The van der Waals surface area contributed by atoms with E-state index in [1.807, 2.05) is 11.6 Å². The number of aromatic nitrogens is 2. The van der Waals surface area contributed by atoms with Crippen molar-refractivity contribution in [1.82, 2.24) is 20.4 Å². The molecular formula is C19H29N5O3S. The number of benzene rings is 1. The predicted molar refractivity (Wildman–Crippen MR) is 111 cm³/mol. The number of guanidine groups is 1. The summed E-state index contributed by atoms with van der Waals surface area (Å²) in [4.78, 5) is 4.47. The van der Waals surface area contributed by atoms with Gasteiger partial charge in [0.2, 0.25) is 0 Å². The normalized spacial score (nSPS) is 12.1. The molecule has 154 valence electrons. The van der Waals surface area contributed by atoms with Crippen molar-refractivity contribution in [3.63, 3.8) is 0 Å². The molecule has 0 aliphatic heterocycles. The molecule has 0 unspecified atom stereocenters. The van der Waals surface area contributed by atoms with Gasteiger partial charge >= 0.3 is 0 Å². The molecule has 0 aliphatic carbocycles. The summed E-state index contributed by atoms with van der Waals surface area (Å²) < 4.78 is 30.5. The first-order valence-electron chi connectivity index (χ1n) is 9.18. The second kappa shape index (κ2) is 10.1. The lowest BCUT2D eigenvalue weighted by Crippen LogP contribution is -2.39. The van der Waals surface area contributed by atoms with Crippen LogP contribution in [0.15, 0.2) is 40.2 Å². The van der Waals surface area contributed by atoms with Crippen molar-refractivity contribution >= 4 is 15.8 Å². The van der Waals surface area contributed by atoms with Crippen LogP contribution in [-0.2, 0) is 16.4 Å². The van der Waals surface area contributed by atoms with Crippen LogP contribution in [-0.4, -0.2) is 57.2 Å². The predicted octanol–water partition coefficient (Wildman–Crippen LogP) is 1.54. The van der Waals surface area contributed by atoms with Crippen LogP contribution in [0.5, 0.6) is 5.75 Å². The maximum absolute atomic E-state index is 11.4. The van der Waals surface area contributed by atoms with Gasteiger partial charge in [0.1, 0.15) is 12.4 Å². The van der Waals surface area contributed by atoms with Crippen LogP contribution in [0.2, 0.25) is 0 Å². The number of nitrogens with one attached hydrogen (secondary N) is 2. The maximum Gasteiger partial charge on any atom is 0.191 e. The fourth-order valence-corrected chi connectivity index (χ4v) is 3.31. The number of hydrogen-bond donors (Lipinski definition) is 2. The Morgan fingerprint density at radius 3 is 2.43 bits per heavy atom. The lowest BCUT2D eigenvalue weighted by atomic mass is 10.3. The third-order valence-corrected chi connectivity index (χ3v) is 5.21. The maximum atomic E-state index is 11.4. The zero-order valence-electron chi connectivity index (χ0n) is 16.9. The van der Waals surface area contributed by atoms with Crippen LogP contribution in [0.4, 0.5) is 0 Å². The highest BCUT2D eigenvalue weighted by atomic mass is 32.2. The fraction of sp³-hybridized carbons (Fsp3) is 0.474. The first kappa shape index (κ1) is 21.7. The van der Waals surface area contributed by atoms with Crippen LogP contribution in [0.1, 0.15) is 17.8 Å². The van der Waals surface area contributed by atoms with Gasteiger partial charge in [-0.3, -0.25) is 9.67 Å². The lowest BCUT2D eigenvalue weighted by Gasteiger charge is -2.13. The quantitative estimate of drug-likeness (QED) is 0.372. The molecule has 0 saturated carbocycles. The van der Waals surface area contributed by atoms with E-state index in [1.54, 1.807) is 31.3 Å². The Hall–Kier alpha value is -2.55. The standard InChI is InChI=1S/C19H29N5O3S/c1-15-14-16(2)24(23-15)12-5-10-21-19(20-3)22-11-13-27-17-6-8-18(9-7-17)28(4,25)26/h6-9,14H,5,10-13H2,1-4H3,(H2,20,21,22). The summed E-state index contributed by atoms with van der Waals surface area (Å²) in [6.45, 7) is 6.70. The van der Waals surface area contributed by atoms with Crippen molar-refractivity contribution in [2.45, 2.75) is 31.7 Å². The van der Waals surface area contributed by atoms with Crippen molar-refractivity contribution in [2.24, 2.45) is 4.99 Å². The van der Waals surface area contributed by atoms with Crippen molar-refractivity contribution in [3.05, 3.63) is 41.7 Å². The zero-order valence-corrected chi connectivity index (χ0v) is 17.7. The fourth-order valence-electron chi connectivity index (χ4n) is 2.68. The summed E-state index contributed by atoms with van der Waals surface area (Å²) in [5.41, 5.74) is 2.20. The van der Waals surface area contributed by atoms with Gasteiger partial charge in [-0.1, -0.05) is 0 Å². The highest BCUT2D eigenvalue weighted by Crippen LogP contribution is 2.15. The number of nitrogens with zero attached hydrogens (tertiary/aromatic N) is 3. The molecule has 2 aromatic rings. The third kappa shape index (κ3) is 6.88. The van der Waals surface area contributed by atoms with Gasteiger partial charge in [-0.25, -0.2) is 8.42 Å². The molecule has 0 saturated heterocycles. The Bertz CT molecular complexity index is 889. The minimum absolute atomic E-state index is 0.281. The van der Waals surface area contributed by atoms with Crippen LogP contribution >= 0.6 is 0 Å². The summed E-state index contributed by atoms with van der Waals surface area (Å²) in [6.07, 6.45) is 2.12. The van der Waals surface area contributed by atoms with Gasteiger partial charge in [0, 0.05) is 32.1 Å². The van der Waals surface area contributed by atoms with E-state index in [1.165, 1.54) is 11.9 Å². The number of aryl methyl sites for hydroxylation is 3. The van der Waals surface area contributed by atoms with Crippen LogP contribution in [0.3, 0.4) is 0 Å². The molecule has 0 radical (unpaired) electrons. The van der Waals surface area contributed by atoms with E-state index in [0.717, 1.165) is 25.2 Å². The zero-order chi connectivity index (χ0) is 20.6. The van der Waals surface area contributed by atoms with Gasteiger partial charge in [-0.05, 0) is 50.6 Å². The topological polar surface area (TPSA) is 97.6 Å². The van der Waals surface area contributed by atoms with Crippen molar-refractivity contribution in [3.8, 4) is 5.75 Å². The summed E-state index contributed by atoms with van der Waals surface area (Å²) in [7, 11) is -1.46. The molecule has 1 heterocycles. The molecule has 28 heavy (non-hydrogen) atoms. The minimum Gasteiger partial charge on any atom is -0.492 e. The lowest BCUT2D eigenvalue weighted by molar-refractivity contribution is 0.321. The average molecular weight is 408 g/mol. The first-order chi connectivity index (χ1) is 13.3. The Labute approximate surface area is 166 Å².